The molecule has 2 aromatic rings. The minimum absolute atomic E-state index is 0.527. The van der Waals surface area contributed by atoms with E-state index in [1.807, 2.05) is 26.2 Å². The normalized spacial score (nSPS) is 10.6. The second-order valence-electron chi connectivity index (χ2n) is 4.39. The van der Waals surface area contributed by atoms with E-state index in [0.29, 0.717) is 11.0 Å². The fourth-order valence-electron chi connectivity index (χ4n) is 1.74. The molecule has 5 heteroatoms. The summed E-state index contributed by atoms with van der Waals surface area (Å²) in [6.07, 6.45) is 0.850. The lowest BCUT2D eigenvalue weighted by Crippen LogP contribution is -2.08. The van der Waals surface area contributed by atoms with Crippen LogP contribution in [0.15, 0.2) is 24.3 Å². The van der Waals surface area contributed by atoms with Crippen LogP contribution in [0, 0.1) is 3.57 Å². The number of aryl methyl sites for hydroxylation is 1. The maximum absolute atomic E-state index is 6.16. The highest BCUT2D eigenvalue weighted by Gasteiger charge is 2.10. The topological polar surface area (TPSA) is 29.0 Å². The molecule has 0 spiro atoms. The zero-order valence-corrected chi connectivity index (χ0v) is 14.0. The van der Waals surface area contributed by atoms with Crippen LogP contribution in [0.1, 0.15) is 12.6 Å². The number of benzene rings is 1. The Kier molecular flexibility index (Phi) is 4.62. The highest BCUT2D eigenvalue weighted by Crippen LogP contribution is 2.25. The number of halogens is 2. The fraction of sp³-hybridized carbons (Fsp3) is 0.286. The predicted molar refractivity (Wildman–Crippen MR) is 88.9 cm³/mol. The lowest BCUT2D eigenvalue weighted by Gasteiger charge is -2.12. The maximum atomic E-state index is 6.16. The maximum Gasteiger partial charge on any atom is 0.161 e. The molecule has 0 amide bonds. The molecule has 19 heavy (non-hydrogen) atoms. The molecule has 2 rings (SSSR count). The molecule has 0 aliphatic carbocycles. The predicted octanol–water partition coefficient (Wildman–Crippen LogP) is 4.03. The standard InChI is InChI=1S/C14H15ClIN3/c1-4-11-12(16)13(15)18-14(17-11)9-5-7-10(8-6-9)19(2)3/h5-8H,4H2,1-3H3. The van der Waals surface area contributed by atoms with Gasteiger partial charge in [-0.25, -0.2) is 9.97 Å². The smallest absolute Gasteiger partial charge is 0.161 e. The van der Waals surface area contributed by atoms with E-state index in [4.69, 9.17) is 11.6 Å². The van der Waals surface area contributed by atoms with Gasteiger partial charge < -0.3 is 4.90 Å². The summed E-state index contributed by atoms with van der Waals surface area (Å²) < 4.78 is 0.940. The van der Waals surface area contributed by atoms with Crippen LogP contribution in [0.25, 0.3) is 11.4 Å². The van der Waals surface area contributed by atoms with Crippen LogP contribution < -0.4 is 4.90 Å². The molecule has 3 nitrogen and oxygen atoms in total. The van der Waals surface area contributed by atoms with E-state index >= 15 is 0 Å². The zero-order valence-electron chi connectivity index (χ0n) is 11.1. The van der Waals surface area contributed by atoms with Gasteiger partial charge in [-0.15, -0.1) is 0 Å². The highest BCUT2D eigenvalue weighted by atomic mass is 127. The molecule has 0 saturated heterocycles. The summed E-state index contributed by atoms with van der Waals surface area (Å²) in [6, 6.07) is 8.15. The summed E-state index contributed by atoms with van der Waals surface area (Å²) in [4.78, 5) is 11.0. The van der Waals surface area contributed by atoms with Gasteiger partial charge in [-0.1, -0.05) is 18.5 Å². The van der Waals surface area contributed by atoms with Crippen molar-refractivity contribution in [2.45, 2.75) is 13.3 Å². The molecule has 100 valence electrons. The number of anilines is 1. The van der Waals surface area contributed by atoms with Gasteiger partial charge in [0.1, 0.15) is 5.15 Å². The molecule has 1 heterocycles. The van der Waals surface area contributed by atoms with Crippen LogP contribution in [-0.2, 0) is 6.42 Å². The Hall–Kier alpha value is -0.880. The van der Waals surface area contributed by atoms with Gasteiger partial charge in [0.15, 0.2) is 5.82 Å². The third-order valence-electron chi connectivity index (χ3n) is 2.86. The van der Waals surface area contributed by atoms with Crippen molar-refractivity contribution in [1.29, 1.82) is 0 Å². The molecule has 0 radical (unpaired) electrons. The first-order chi connectivity index (χ1) is 9.02. The Balaban J connectivity index is 2.44. The lowest BCUT2D eigenvalue weighted by molar-refractivity contribution is 0.989. The van der Waals surface area contributed by atoms with E-state index in [0.717, 1.165) is 26.9 Å². The van der Waals surface area contributed by atoms with Gasteiger partial charge in [0.2, 0.25) is 0 Å². The summed E-state index contributed by atoms with van der Waals surface area (Å²) >= 11 is 8.35. The van der Waals surface area contributed by atoms with Gasteiger partial charge in [-0.05, 0) is 53.3 Å². The fourth-order valence-corrected chi connectivity index (χ4v) is 2.55. The summed E-state index contributed by atoms with van der Waals surface area (Å²) in [7, 11) is 4.03. The quantitative estimate of drug-likeness (QED) is 0.588. The van der Waals surface area contributed by atoms with Gasteiger partial charge in [0.05, 0.1) is 9.26 Å². The summed E-state index contributed by atoms with van der Waals surface area (Å²) in [5.41, 5.74) is 3.13. The van der Waals surface area contributed by atoms with Gasteiger partial charge in [0.25, 0.3) is 0 Å². The van der Waals surface area contributed by atoms with Crippen LogP contribution in [0.5, 0.6) is 0 Å². The summed E-state index contributed by atoms with van der Waals surface area (Å²) in [5.74, 6) is 0.688. The molecule has 0 bridgehead atoms. The van der Waals surface area contributed by atoms with E-state index in [1.165, 1.54) is 0 Å². The molecule has 0 aliphatic heterocycles. The monoisotopic (exact) mass is 387 g/mol. The van der Waals surface area contributed by atoms with Crippen molar-refractivity contribution < 1.29 is 0 Å². The van der Waals surface area contributed by atoms with E-state index < -0.39 is 0 Å². The van der Waals surface area contributed by atoms with E-state index in [9.17, 15) is 0 Å². The molecule has 0 saturated carbocycles. The Morgan fingerprint density at radius 1 is 1.16 bits per heavy atom. The minimum Gasteiger partial charge on any atom is -0.378 e. The van der Waals surface area contributed by atoms with E-state index in [2.05, 4.69) is 56.5 Å². The number of aromatic nitrogens is 2. The first-order valence-corrected chi connectivity index (χ1v) is 7.48. The van der Waals surface area contributed by atoms with E-state index in [-0.39, 0.29) is 0 Å². The van der Waals surface area contributed by atoms with Crippen LogP contribution in [0.3, 0.4) is 0 Å². The van der Waals surface area contributed by atoms with Crippen molar-refractivity contribution in [3.63, 3.8) is 0 Å². The first-order valence-electron chi connectivity index (χ1n) is 6.02. The Bertz CT molecular complexity index is 582. The molecule has 0 N–H and O–H groups in total. The highest BCUT2D eigenvalue weighted by molar-refractivity contribution is 14.1. The molecule has 0 fully saturated rings. The second kappa shape index (κ2) is 6.05. The molecule has 0 atom stereocenters. The largest absolute Gasteiger partial charge is 0.378 e. The molecule has 0 aliphatic rings. The van der Waals surface area contributed by atoms with Crippen LogP contribution in [0.4, 0.5) is 5.69 Å². The third kappa shape index (κ3) is 3.17. The van der Waals surface area contributed by atoms with Crippen molar-refractivity contribution in [3.05, 3.63) is 38.7 Å². The number of hydrogen-bond donors (Lipinski definition) is 0. The molecule has 1 aromatic heterocycles. The zero-order chi connectivity index (χ0) is 14.0. The van der Waals surface area contributed by atoms with Crippen LogP contribution in [-0.4, -0.2) is 24.1 Å². The molecular formula is C14H15ClIN3. The van der Waals surface area contributed by atoms with Crippen LogP contribution >= 0.6 is 34.2 Å². The SMILES string of the molecule is CCc1nc(-c2ccc(N(C)C)cc2)nc(Cl)c1I. The van der Waals surface area contributed by atoms with Gasteiger partial charge >= 0.3 is 0 Å². The second-order valence-corrected chi connectivity index (χ2v) is 5.83. The Morgan fingerprint density at radius 2 is 1.79 bits per heavy atom. The van der Waals surface area contributed by atoms with Crippen molar-refractivity contribution in [2.24, 2.45) is 0 Å². The first kappa shape index (κ1) is 14.5. The van der Waals surface area contributed by atoms with Crippen LogP contribution in [0.2, 0.25) is 5.15 Å². The molecule has 1 aromatic carbocycles. The third-order valence-corrected chi connectivity index (χ3v) is 4.58. The minimum atomic E-state index is 0.527. The molecular weight excluding hydrogens is 373 g/mol. The van der Waals surface area contributed by atoms with Crippen molar-refractivity contribution in [2.75, 3.05) is 19.0 Å². The van der Waals surface area contributed by atoms with Crippen molar-refractivity contribution >= 4 is 39.9 Å². The van der Waals surface area contributed by atoms with E-state index in [1.54, 1.807) is 0 Å². The number of rotatable bonds is 3. The number of nitrogens with zero attached hydrogens (tertiary/aromatic N) is 3. The van der Waals surface area contributed by atoms with Crippen molar-refractivity contribution in [1.82, 2.24) is 9.97 Å². The van der Waals surface area contributed by atoms with Gasteiger partial charge in [-0.3, -0.25) is 0 Å². The van der Waals surface area contributed by atoms with Crippen molar-refractivity contribution in [3.8, 4) is 11.4 Å². The lowest BCUT2D eigenvalue weighted by atomic mass is 10.2. The summed E-state index contributed by atoms with van der Waals surface area (Å²) in [6.45, 7) is 2.07. The Labute approximate surface area is 132 Å². The average Bonchev–Trinajstić information content (AvgIpc) is 2.41. The van der Waals surface area contributed by atoms with Gasteiger partial charge in [-0.2, -0.15) is 0 Å². The van der Waals surface area contributed by atoms with Gasteiger partial charge in [0, 0.05) is 25.3 Å². The number of hydrogen-bond acceptors (Lipinski definition) is 3. The average molecular weight is 388 g/mol. The summed E-state index contributed by atoms with van der Waals surface area (Å²) in [5, 5.41) is 0.527. The Morgan fingerprint density at radius 3 is 2.32 bits per heavy atom. The molecule has 0 unspecified atom stereocenters.